The van der Waals surface area contributed by atoms with Gasteiger partial charge in [-0.3, -0.25) is 0 Å². The summed E-state index contributed by atoms with van der Waals surface area (Å²) in [5, 5.41) is 10.2. The van der Waals surface area contributed by atoms with Gasteiger partial charge in [0.2, 0.25) is 0 Å². The molecule has 1 heterocycles. The van der Waals surface area contributed by atoms with E-state index in [4.69, 9.17) is 19.4 Å². The Bertz CT molecular complexity index is 1230. The van der Waals surface area contributed by atoms with Crippen molar-refractivity contribution in [3.8, 4) is 28.8 Å². The Hall–Kier alpha value is -3.91. The second kappa shape index (κ2) is 7.99. The van der Waals surface area contributed by atoms with Gasteiger partial charge in [-0.15, -0.1) is 0 Å². The van der Waals surface area contributed by atoms with E-state index in [9.17, 15) is 5.26 Å². The number of ether oxygens (including phenoxy) is 2. The van der Waals surface area contributed by atoms with Crippen molar-refractivity contribution < 1.29 is 9.47 Å². The quantitative estimate of drug-likeness (QED) is 0.498. The van der Waals surface area contributed by atoms with Crippen LogP contribution in [0.25, 0.3) is 22.2 Å². The molecular weight excluding hydrogens is 362 g/mol. The van der Waals surface area contributed by atoms with E-state index in [1.807, 2.05) is 60.7 Å². The minimum atomic E-state index is 0.552. The molecule has 4 aromatic rings. The molecule has 0 N–H and O–H groups in total. The summed E-state index contributed by atoms with van der Waals surface area (Å²) in [5.74, 6) is 2.06. The topological polar surface area (TPSA) is 68.0 Å². The van der Waals surface area contributed by atoms with Crippen molar-refractivity contribution in [2.24, 2.45) is 0 Å². The summed E-state index contributed by atoms with van der Waals surface area (Å²) in [6, 6.07) is 23.4. The molecule has 0 spiro atoms. The average molecular weight is 381 g/mol. The number of aromatic nitrogens is 2. The number of benzene rings is 3. The van der Waals surface area contributed by atoms with Gasteiger partial charge in [-0.25, -0.2) is 9.97 Å². The van der Waals surface area contributed by atoms with Crippen LogP contribution in [0.3, 0.4) is 0 Å². The van der Waals surface area contributed by atoms with Gasteiger partial charge in [0.25, 0.3) is 0 Å². The lowest BCUT2D eigenvalue weighted by molar-refractivity contribution is 0.354. The molecule has 5 heteroatoms. The molecule has 4 rings (SSSR count). The molecule has 5 nitrogen and oxygen atoms in total. The van der Waals surface area contributed by atoms with E-state index < -0.39 is 0 Å². The summed E-state index contributed by atoms with van der Waals surface area (Å²) in [4.78, 5) is 9.60. The zero-order valence-electron chi connectivity index (χ0n) is 16.2. The van der Waals surface area contributed by atoms with Gasteiger partial charge >= 0.3 is 0 Å². The van der Waals surface area contributed by atoms with E-state index in [0.29, 0.717) is 29.3 Å². The third kappa shape index (κ3) is 3.74. The highest BCUT2D eigenvalue weighted by molar-refractivity contribution is 5.92. The van der Waals surface area contributed by atoms with E-state index in [1.165, 1.54) is 0 Å². The first kappa shape index (κ1) is 18.5. The lowest BCUT2D eigenvalue weighted by Crippen LogP contribution is -2.01. The molecule has 0 aliphatic heterocycles. The Morgan fingerprint density at radius 3 is 2.48 bits per heavy atom. The highest BCUT2D eigenvalue weighted by Crippen LogP contribution is 2.30. The van der Waals surface area contributed by atoms with Gasteiger partial charge in [0.15, 0.2) is 11.5 Å². The first-order valence-electron chi connectivity index (χ1n) is 9.19. The van der Waals surface area contributed by atoms with Crippen LogP contribution in [0.15, 0.2) is 66.7 Å². The van der Waals surface area contributed by atoms with Gasteiger partial charge in [-0.1, -0.05) is 36.4 Å². The fraction of sp³-hybridized carbons (Fsp3) is 0.125. The lowest BCUT2D eigenvalue weighted by atomic mass is 10.0. The predicted octanol–water partition coefficient (Wildman–Crippen LogP) is 4.78. The number of nitriles is 1. The first-order chi connectivity index (χ1) is 14.2. The Morgan fingerprint density at radius 1 is 0.862 bits per heavy atom. The Kier molecular flexibility index (Phi) is 5.08. The molecule has 0 aliphatic rings. The van der Waals surface area contributed by atoms with Crippen molar-refractivity contribution in [1.29, 1.82) is 5.26 Å². The minimum absolute atomic E-state index is 0.552. The zero-order chi connectivity index (χ0) is 20.2. The summed E-state index contributed by atoms with van der Waals surface area (Å²) in [5.41, 5.74) is 4.22. The van der Waals surface area contributed by atoms with Crippen LogP contribution in [-0.2, 0) is 6.42 Å². The molecule has 3 aromatic carbocycles. The maximum absolute atomic E-state index is 9.26. The fourth-order valence-electron chi connectivity index (χ4n) is 3.33. The molecule has 0 saturated carbocycles. The molecule has 0 saturated heterocycles. The summed E-state index contributed by atoms with van der Waals surface area (Å²) in [6.07, 6.45) is 0.552. The molecule has 0 fully saturated rings. The van der Waals surface area contributed by atoms with Crippen molar-refractivity contribution in [3.63, 3.8) is 0 Å². The molecule has 29 heavy (non-hydrogen) atoms. The first-order valence-corrected chi connectivity index (χ1v) is 9.19. The average Bonchev–Trinajstić information content (AvgIpc) is 2.78. The third-order valence-corrected chi connectivity index (χ3v) is 4.72. The maximum Gasteiger partial charge on any atom is 0.161 e. The lowest BCUT2D eigenvalue weighted by Gasteiger charge is -2.11. The molecule has 0 unspecified atom stereocenters. The van der Waals surface area contributed by atoms with Gasteiger partial charge < -0.3 is 9.47 Å². The zero-order valence-corrected chi connectivity index (χ0v) is 16.2. The van der Waals surface area contributed by atoms with Crippen molar-refractivity contribution in [3.05, 3.63) is 83.7 Å². The Morgan fingerprint density at radius 2 is 1.69 bits per heavy atom. The molecule has 0 amide bonds. The third-order valence-electron chi connectivity index (χ3n) is 4.72. The van der Waals surface area contributed by atoms with Gasteiger partial charge in [0, 0.05) is 17.4 Å². The number of nitrogens with zero attached hydrogens (tertiary/aromatic N) is 3. The molecule has 0 bridgehead atoms. The number of para-hydroxylation sites is 1. The summed E-state index contributed by atoms with van der Waals surface area (Å²) in [6.45, 7) is 0. The Labute approximate surface area is 169 Å². The highest BCUT2D eigenvalue weighted by Gasteiger charge is 2.12. The molecular formula is C24H19N3O2. The van der Waals surface area contributed by atoms with Crippen molar-refractivity contribution in [2.45, 2.75) is 6.42 Å². The molecule has 1 aromatic heterocycles. The highest BCUT2D eigenvalue weighted by atomic mass is 16.5. The number of rotatable bonds is 5. The minimum Gasteiger partial charge on any atom is -0.493 e. The van der Waals surface area contributed by atoms with Crippen molar-refractivity contribution in [2.75, 3.05) is 14.2 Å². The number of hydrogen-bond acceptors (Lipinski definition) is 5. The van der Waals surface area contributed by atoms with Crippen LogP contribution in [0.2, 0.25) is 0 Å². The molecule has 142 valence electrons. The van der Waals surface area contributed by atoms with E-state index >= 15 is 0 Å². The number of fused-ring (bicyclic) bond motifs is 1. The van der Waals surface area contributed by atoms with Gasteiger partial charge in [-0.2, -0.15) is 5.26 Å². The standard InChI is InChI=1S/C24H19N3O2/c1-28-21-11-10-16(13-22(21)29-2)14-23-26-20-9-4-3-8-19(20)24(27-23)18-7-5-6-17(12-18)15-25/h3-13H,14H2,1-2H3. The molecule has 0 aliphatic carbocycles. The second-order valence-electron chi connectivity index (χ2n) is 6.56. The predicted molar refractivity (Wildman–Crippen MR) is 112 cm³/mol. The SMILES string of the molecule is COc1ccc(Cc2nc(-c3cccc(C#N)c3)c3ccccc3n2)cc1OC. The van der Waals surface area contributed by atoms with E-state index in [1.54, 1.807) is 20.3 Å². The fourth-order valence-corrected chi connectivity index (χ4v) is 3.33. The van der Waals surface area contributed by atoms with Crippen LogP contribution in [-0.4, -0.2) is 24.2 Å². The van der Waals surface area contributed by atoms with Gasteiger partial charge in [-0.05, 0) is 35.9 Å². The van der Waals surface area contributed by atoms with Crippen LogP contribution in [0.4, 0.5) is 0 Å². The van der Waals surface area contributed by atoms with Crippen LogP contribution < -0.4 is 9.47 Å². The number of methoxy groups -OCH3 is 2. The molecule has 0 atom stereocenters. The van der Waals surface area contributed by atoms with Crippen LogP contribution in [0.5, 0.6) is 11.5 Å². The Balaban J connectivity index is 1.81. The van der Waals surface area contributed by atoms with Gasteiger partial charge in [0.05, 0.1) is 37.1 Å². The maximum atomic E-state index is 9.26. The summed E-state index contributed by atoms with van der Waals surface area (Å²) in [7, 11) is 3.24. The van der Waals surface area contributed by atoms with Crippen LogP contribution in [0.1, 0.15) is 17.0 Å². The summed E-state index contributed by atoms with van der Waals surface area (Å²) >= 11 is 0. The van der Waals surface area contributed by atoms with Gasteiger partial charge in [0.1, 0.15) is 5.82 Å². The monoisotopic (exact) mass is 381 g/mol. The van der Waals surface area contributed by atoms with Crippen LogP contribution >= 0.6 is 0 Å². The summed E-state index contributed by atoms with van der Waals surface area (Å²) < 4.78 is 10.7. The smallest absolute Gasteiger partial charge is 0.161 e. The largest absolute Gasteiger partial charge is 0.493 e. The number of hydrogen-bond donors (Lipinski definition) is 0. The van der Waals surface area contributed by atoms with E-state index in [0.717, 1.165) is 27.7 Å². The van der Waals surface area contributed by atoms with Crippen molar-refractivity contribution in [1.82, 2.24) is 9.97 Å². The normalized spacial score (nSPS) is 10.5. The molecule has 0 radical (unpaired) electrons. The van der Waals surface area contributed by atoms with E-state index in [2.05, 4.69) is 6.07 Å². The van der Waals surface area contributed by atoms with E-state index in [-0.39, 0.29) is 0 Å². The van der Waals surface area contributed by atoms with Crippen molar-refractivity contribution >= 4 is 10.9 Å². The second-order valence-corrected chi connectivity index (χ2v) is 6.56. The van der Waals surface area contributed by atoms with Crippen LogP contribution in [0, 0.1) is 11.3 Å².